The lowest BCUT2D eigenvalue weighted by Gasteiger charge is -2.03. The molecule has 98 valence electrons. The monoisotopic (exact) mass is 274 g/mol. The molecular formula is C14H14N2O2S. The van der Waals surface area contributed by atoms with Crippen LogP contribution in [-0.2, 0) is 17.0 Å². The van der Waals surface area contributed by atoms with E-state index in [4.69, 9.17) is 10.8 Å². The van der Waals surface area contributed by atoms with E-state index in [1.807, 2.05) is 36.4 Å². The number of thioether (sulfide) groups is 1. The number of carboxylic acid groups (broad SMARTS) is 1. The molecule has 0 aliphatic heterocycles. The maximum atomic E-state index is 10.6. The summed E-state index contributed by atoms with van der Waals surface area (Å²) in [5, 5.41) is 9.61. The Kier molecular flexibility index (Phi) is 4.41. The second kappa shape index (κ2) is 6.24. The predicted octanol–water partition coefficient (Wildman–Crippen LogP) is 2.58. The minimum Gasteiger partial charge on any atom is -0.481 e. The van der Waals surface area contributed by atoms with Crippen molar-refractivity contribution >= 4 is 23.4 Å². The Morgan fingerprint density at radius 1 is 1.16 bits per heavy atom. The highest BCUT2D eigenvalue weighted by Crippen LogP contribution is 2.21. The van der Waals surface area contributed by atoms with Crippen molar-refractivity contribution < 1.29 is 9.90 Å². The minimum atomic E-state index is -0.812. The topological polar surface area (TPSA) is 76.2 Å². The third-order valence-electron chi connectivity index (χ3n) is 2.52. The van der Waals surface area contributed by atoms with Crippen molar-refractivity contribution in [2.45, 2.75) is 17.2 Å². The summed E-state index contributed by atoms with van der Waals surface area (Å²) in [6.07, 6.45) is 1.70. The highest BCUT2D eigenvalue weighted by Gasteiger charge is 2.01. The Labute approximate surface area is 115 Å². The van der Waals surface area contributed by atoms with E-state index in [-0.39, 0.29) is 6.42 Å². The van der Waals surface area contributed by atoms with Crippen LogP contribution in [0.5, 0.6) is 0 Å². The molecule has 3 N–H and O–H groups in total. The first kappa shape index (κ1) is 13.4. The largest absolute Gasteiger partial charge is 0.481 e. The number of aromatic nitrogens is 1. The molecule has 0 radical (unpaired) electrons. The molecule has 0 bridgehead atoms. The van der Waals surface area contributed by atoms with Crippen molar-refractivity contribution in [3.05, 3.63) is 53.7 Å². The van der Waals surface area contributed by atoms with Gasteiger partial charge in [-0.1, -0.05) is 24.3 Å². The average Bonchev–Trinajstić information content (AvgIpc) is 2.39. The van der Waals surface area contributed by atoms with Gasteiger partial charge in [-0.15, -0.1) is 11.8 Å². The summed E-state index contributed by atoms with van der Waals surface area (Å²) in [6.45, 7) is 0. The molecule has 0 aliphatic carbocycles. The fourth-order valence-corrected chi connectivity index (χ4v) is 2.36. The molecule has 5 heteroatoms. The molecule has 0 saturated heterocycles. The molecule has 2 aromatic rings. The molecule has 1 aromatic carbocycles. The molecule has 0 spiro atoms. The fourth-order valence-electron chi connectivity index (χ4n) is 1.56. The quantitative estimate of drug-likeness (QED) is 0.819. The maximum Gasteiger partial charge on any atom is 0.307 e. The van der Waals surface area contributed by atoms with Gasteiger partial charge in [-0.05, 0) is 23.3 Å². The summed E-state index contributed by atoms with van der Waals surface area (Å²) in [6, 6.07) is 11.3. The lowest BCUT2D eigenvalue weighted by Crippen LogP contribution is -1.99. The Hall–Kier alpha value is -2.01. The molecular weight excluding hydrogens is 260 g/mol. The van der Waals surface area contributed by atoms with E-state index in [1.54, 1.807) is 18.0 Å². The van der Waals surface area contributed by atoms with Crippen molar-refractivity contribution in [2.75, 3.05) is 5.73 Å². The summed E-state index contributed by atoms with van der Waals surface area (Å²) in [7, 11) is 0. The number of pyridine rings is 1. The van der Waals surface area contributed by atoms with Crippen LogP contribution in [0.4, 0.5) is 5.69 Å². The van der Waals surface area contributed by atoms with Gasteiger partial charge >= 0.3 is 5.97 Å². The smallest absolute Gasteiger partial charge is 0.307 e. The molecule has 2 rings (SSSR count). The minimum absolute atomic E-state index is 0.0624. The summed E-state index contributed by atoms with van der Waals surface area (Å²) in [5.74, 6) is -0.0160. The summed E-state index contributed by atoms with van der Waals surface area (Å²) < 4.78 is 0. The molecule has 1 heterocycles. The van der Waals surface area contributed by atoms with Gasteiger partial charge in [0.25, 0.3) is 0 Å². The average molecular weight is 274 g/mol. The first-order chi connectivity index (χ1) is 9.13. The predicted molar refractivity (Wildman–Crippen MR) is 76.0 cm³/mol. The van der Waals surface area contributed by atoms with Gasteiger partial charge in [-0.2, -0.15) is 0 Å². The van der Waals surface area contributed by atoms with Crippen LogP contribution in [0.25, 0.3) is 0 Å². The first-order valence-electron chi connectivity index (χ1n) is 5.77. The van der Waals surface area contributed by atoms with Gasteiger partial charge in [-0.3, -0.25) is 4.79 Å². The van der Waals surface area contributed by atoms with Gasteiger partial charge in [0, 0.05) is 5.75 Å². The van der Waals surface area contributed by atoms with Crippen molar-refractivity contribution in [3.8, 4) is 0 Å². The highest BCUT2D eigenvalue weighted by atomic mass is 32.2. The van der Waals surface area contributed by atoms with E-state index in [0.717, 1.165) is 21.9 Å². The number of nitrogens with zero attached hydrogens (tertiary/aromatic N) is 1. The van der Waals surface area contributed by atoms with Crippen LogP contribution in [0, 0.1) is 0 Å². The van der Waals surface area contributed by atoms with Crippen LogP contribution in [0.15, 0.2) is 47.6 Å². The van der Waals surface area contributed by atoms with Gasteiger partial charge in [0.15, 0.2) is 0 Å². The van der Waals surface area contributed by atoms with Crippen LogP contribution < -0.4 is 5.73 Å². The zero-order chi connectivity index (χ0) is 13.7. The van der Waals surface area contributed by atoms with Crippen LogP contribution in [0.1, 0.15) is 11.1 Å². The Morgan fingerprint density at radius 2 is 1.84 bits per heavy atom. The second-order valence-electron chi connectivity index (χ2n) is 4.11. The lowest BCUT2D eigenvalue weighted by molar-refractivity contribution is -0.136. The summed E-state index contributed by atoms with van der Waals surface area (Å²) in [4.78, 5) is 14.8. The van der Waals surface area contributed by atoms with E-state index >= 15 is 0 Å². The summed E-state index contributed by atoms with van der Waals surface area (Å²) >= 11 is 1.62. The number of carboxylic acids is 1. The van der Waals surface area contributed by atoms with Gasteiger partial charge in [-0.25, -0.2) is 4.98 Å². The molecule has 0 unspecified atom stereocenters. The zero-order valence-electron chi connectivity index (χ0n) is 10.2. The van der Waals surface area contributed by atoms with Crippen LogP contribution in [0.3, 0.4) is 0 Å². The van der Waals surface area contributed by atoms with Crippen molar-refractivity contribution in [1.29, 1.82) is 0 Å². The Morgan fingerprint density at radius 3 is 2.42 bits per heavy atom. The van der Waals surface area contributed by atoms with Crippen LogP contribution in [0.2, 0.25) is 0 Å². The highest BCUT2D eigenvalue weighted by molar-refractivity contribution is 7.98. The third-order valence-corrected chi connectivity index (χ3v) is 3.54. The van der Waals surface area contributed by atoms with Crippen LogP contribution in [-0.4, -0.2) is 16.1 Å². The van der Waals surface area contributed by atoms with E-state index in [2.05, 4.69) is 4.98 Å². The molecule has 0 fully saturated rings. The second-order valence-corrected chi connectivity index (χ2v) is 5.10. The molecule has 19 heavy (non-hydrogen) atoms. The number of benzene rings is 1. The number of aliphatic carboxylic acids is 1. The molecule has 0 atom stereocenters. The number of carbonyl (C=O) groups is 1. The van der Waals surface area contributed by atoms with Gasteiger partial charge < -0.3 is 10.8 Å². The SMILES string of the molecule is Nc1ccc(SCc2ccc(CC(=O)O)cc2)nc1. The van der Waals surface area contributed by atoms with E-state index in [0.29, 0.717) is 5.69 Å². The number of hydrogen-bond donors (Lipinski definition) is 2. The maximum absolute atomic E-state index is 10.6. The Bertz CT molecular complexity index is 553. The van der Waals surface area contributed by atoms with Gasteiger partial charge in [0.2, 0.25) is 0 Å². The molecule has 1 aromatic heterocycles. The first-order valence-corrected chi connectivity index (χ1v) is 6.76. The van der Waals surface area contributed by atoms with E-state index in [9.17, 15) is 4.79 Å². The third kappa shape index (κ3) is 4.30. The van der Waals surface area contributed by atoms with E-state index < -0.39 is 5.97 Å². The molecule has 0 aliphatic rings. The number of nitrogen functional groups attached to an aromatic ring is 1. The normalized spacial score (nSPS) is 10.3. The zero-order valence-corrected chi connectivity index (χ0v) is 11.1. The molecule has 0 amide bonds. The van der Waals surface area contributed by atoms with E-state index in [1.165, 1.54) is 0 Å². The fraction of sp³-hybridized carbons (Fsp3) is 0.143. The molecule has 0 saturated carbocycles. The van der Waals surface area contributed by atoms with Crippen LogP contribution >= 0.6 is 11.8 Å². The van der Waals surface area contributed by atoms with Crippen molar-refractivity contribution in [3.63, 3.8) is 0 Å². The van der Waals surface area contributed by atoms with Crippen molar-refractivity contribution in [2.24, 2.45) is 0 Å². The van der Waals surface area contributed by atoms with Gasteiger partial charge in [0.1, 0.15) is 0 Å². The van der Waals surface area contributed by atoms with Gasteiger partial charge in [0.05, 0.1) is 23.3 Å². The Balaban J connectivity index is 1.92. The summed E-state index contributed by atoms with van der Waals surface area (Å²) in [5.41, 5.74) is 8.17. The number of nitrogens with two attached hydrogens (primary N) is 1. The number of anilines is 1. The standard InChI is InChI=1S/C14H14N2O2S/c15-12-5-6-13(16-8-12)19-9-11-3-1-10(2-4-11)7-14(17)18/h1-6,8H,7,9,15H2,(H,17,18). The number of rotatable bonds is 5. The number of hydrogen-bond acceptors (Lipinski definition) is 4. The molecule has 4 nitrogen and oxygen atoms in total. The lowest BCUT2D eigenvalue weighted by atomic mass is 10.1. The van der Waals surface area contributed by atoms with Crippen molar-refractivity contribution in [1.82, 2.24) is 4.98 Å².